The van der Waals surface area contributed by atoms with Crippen molar-refractivity contribution in [2.75, 3.05) is 18.5 Å². The number of benzene rings is 2. The summed E-state index contributed by atoms with van der Waals surface area (Å²) < 4.78 is 0. The predicted octanol–water partition coefficient (Wildman–Crippen LogP) is 4.83. The van der Waals surface area contributed by atoms with Crippen LogP contribution in [0.15, 0.2) is 54.6 Å². The highest BCUT2D eigenvalue weighted by Gasteiger charge is 2.35. The summed E-state index contributed by atoms with van der Waals surface area (Å²) in [6.07, 6.45) is 3.82. The van der Waals surface area contributed by atoms with E-state index in [1.165, 1.54) is 0 Å². The number of urea groups is 1. The van der Waals surface area contributed by atoms with Crippen molar-refractivity contribution in [3.05, 3.63) is 65.2 Å². The Bertz CT molecular complexity index is 879. The lowest BCUT2D eigenvalue weighted by atomic mass is 9.73. The molecular formula is C24H32ClN5O. The first kappa shape index (κ1) is 22.9. The maximum absolute atomic E-state index is 13.5. The molecule has 1 saturated carbocycles. The summed E-state index contributed by atoms with van der Waals surface area (Å²) in [5, 5.41) is 11.2. The first-order chi connectivity index (χ1) is 14.8. The van der Waals surface area contributed by atoms with Gasteiger partial charge in [-0.05, 0) is 60.9 Å². The number of hydrogen-bond acceptors (Lipinski definition) is 2. The summed E-state index contributed by atoms with van der Waals surface area (Å²) in [4.78, 5) is 17.2. The molecule has 166 valence electrons. The van der Waals surface area contributed by atoms with E-state index in [2.05, 4.69) is 12.2 Å². The zero-order chi connectivity index (χ0) is 22.4. The van der Waals surface area contributed by atoms with Gasteiger partial charge in [-0.25, -0.2) is 4.79 Å². The Kier molecular flexibility index (Phi) is 7.44. The number of amides is 2. The number of hydrogen-bond donors (Lipinski definition) is 3. The number of rotatable bonds is 6. The maximum atomic E-state index is 13.5. The summed E-state index contributed by atoms with van der Waals surface area (Å²) in [5.41, 5.74) is 7.43. The first-order valence-electron chi connectivity index (χ1n) is 10.7. The van der Waals surface area contributed by atoms with Crippen LogP contribution in [-0.4, -0.2) is 36.5 Å². The number of para-hydroxylation sites is 1. The van der Waals surface area contributed by atoms with Crippen LogP contribution < -0.4 is 16.0 Å². The van der Waals surface area contributed by atoms with Crippen LogP contribution in [0.1, 0.15) is 38.2 Å². The van der Waals surface area contributed by atoms with E-state index in [9.17, 15) is 4.79 Å². The molecule has 0 unspecified atom stereocenters. The second-order valence-corrected chi connectivity index (χ2v) is 9.24. The molecule has 2 amide bonds. The summed E-state index contributed by atoms with van der Waals surface area (Å²) in [5.74, 6) is 0.0256. The lowest BCUT2D eigenvalue weighted by Crippen LogP contribution is -2.49. The molecule has 0 aromatic heterocycles. The van der Waals surface area contributed by atoms with E-state index in [0.717, 1.165) is 36.9 Å². The van der Waals surface area contributed by atoms with Crippen molar-refractivity contribution < 1.29 is 4.79 Å². The van der Waals surface area contributed by atoms with Gasteiger partial charge in [0.25, 0.3) is 0 Å². The molecule has 1 fully saturated rings. The molecule has 1 aliphatic rings. The van der Waals surface area contributed by atoms with E-state index in [4.69, 9.17) is 22.7 Å². The summed E-state index contributed by atoms with van der Waals surface area (Å²) >= 11 is 6.05. The van der Waals surface area contributed by atoms with Gasteiger partial charge < -0.3 is 16.0 Å². The molecule has 0 radical (unpaired) electrons. The molecule has 1 aliphatic carbocycles. The Morgan fingerprint density at radius 1 is 1.16 bits per heavy atom. The molecule has 2 aromatic rings. The molecule has 6 nitrogen and oxygen atoms in total. The minimum absolute atomic E-state index is 0.00851. The first-order valence-corrected chi connectivity index (χ1v) is 11.1. The molecule has 0 heterocycles. The molecule has 0 atom stereocenters. The van der Waals surface area contributed by atoms with Crippen LogP contribution in [0.5, 0.6) is 0 Å². The lowest BCUT2D eigenvalue weighted by molar-refractivity contribution is 0.121. The Balaban J connectivity index is 1.76. The minimum atomic E-state index is -0.0219. The van der Waals surface area contributed by atoms with Gasteiger partial charge in [-0.3, -0.25) is 10.3 Å². The normalized spacial score (nSPS) is 20.7. The quantitative estimate of drug-likeness (QED) is 0.443. The number of halogens is 1. The number of nitrogens with zero attached hydrogens (tertiary/aromatic N) is 2. The van der Waals surface area contributed by atoms with Crippen molar-refractivity contribution in [2.45, 2.75) is 45.2 Å². The number of guanidine groups is 1. The van der Waals surface area contributed by atoms with Crippen LogP contribution in [0.25, 0.3) is 0 Å². The average Bonchev–Trinajstić information content (AvgIpc) is 2.76. The third kappa shape index (κ3) is 6.37. The number of nitrogens with one attached hydrogen (secondary N) is 2. The lowest BCUT2D eigenvalue weighted by Gasteiger charge is -2.42. The van der Waals surface area contributed by atoms with Crippen molar-refractivity contribution in [3.63, 3.8) is 0 Å². The predicted molar refractivity (Wildman–Crippen MR) is 128 cm³/mol. The summed E-state index contributed by atoms with van der Waals surface area (Å²) in [7, 11) is 1.82. The van der Waals surface area contributed by atoms with Gasteiger partial charge in [0.2, 0.25) is 0 Å². The molecule has 0 aliphatic heterocycles. The number of carbonyl (C=O) groups excluding carboxylic acids is 1. The highest BCUT2D eigenvalue weighted by atomic mass is 35.5. The van der Waals surface area contributed by atoms with Gasteiger partial charge in [0.1, 0.15) is 0 Å². The molecular weight excluding hydrogens is 410 g/mol. The van der Waals surface area contributed by atoms with Crippen LogP contribution in [0, 0.1) is 10.8 Å². The molecule has 7 heteroatoms. The van der Waals surface area contributed by atoms with E-state index >= 15 is 0 Å². The van der Waals surface area contributed by atoms with Crippen LogP contribution >= 0.6 is 11.6 Å². The monoisotopic (exact) mass is 441 g/mol. The van der Waals surface area contributed by atoms with Gasteiger partial charge in [-0.1, -0.05) is 48.9 Å². The van der Waals surface area contributed by atoms with Gasteiger partial charge in [0, 0.05) is 36.9 Å². The zero-order valence-corrected chi connectivity index (χ0v) is 19.0. The van der Waals surface area contributed by atoms with Crippen molar-refractivity contribution in [1.82, 2.24) is 10.2 Å². The molecule has 3 rings (SSSR count). The fourth-order valence-corrected chi connectivity index (χ4v) is 4.40. The van der Waals surface area contributed by atoms with Crippen molar-refractivity contribution in [1.29, 1.82) is 5.41 Å². The van der Waals surface area contributed by atoms with Crippen LogP contribution in [0.2, 0.25) is 5.02 Å². The highest BCUT2D eigenvalue weighted by molar-refractivity contribution is 6.30. The largest absolute Gasteiger partial charge is 0.370 e. The summed E-state index contributed by atoms with van der Waals surface area (Å²) in [6, 6.07) is 17.6. The van der Waals surface area contributed by atoms with Crippen LogP contribution in [0.3, 0.4) is 0 Å². The van der Waals surface area contributed by atoms with E-state index in [1.54, 1.807) is 4.90 Å². The van der Waals surface area contributed by atoms with Gasteiger partial charge >= 0.3 is 6.03 Å². The van der Waals surface area contributed by atoms with Gasteiger partial charge in [-0.2, -0.15) is 0 Å². The standard InChI is InChI=1S/C24H32ClN5O/c1-24(14-12-20(13-15-24)28-22(26)27)17-30(16-18-8-10-19(25)11-9-18)23(31)29(2)21-6-4-3-5-7-21/h3-11,20H,12-17H2,1-2H3,(H4,26,27,28). The molecule has 0 bridgehead atoms. The van der Waals surface area contributed by atoms with E-state index in [1.807, 2.05) is 66.5 Å². The molecule has 4 N–H and O–H groups in total. The summed E-state index contributed by atoms with van der Waals surface area (Å²) in [6.45, 7) is 3.44. The van der Waals surface area contributed by atoms with Gasteiger partial charge in [0.15, 0.2) is 5.96 Å². The fourth-order valence-electron chi connectivity index (χ4n) is 4.27. The van der Waals surface area contributed by atoms with Crippen molar-refractivity contribution in [2.24, 2.45) is 11.1 Å². The van der Waals surface area contributed by atoms with Crippen molar-refractivity contribution >= 4 is 29.3 Å². The van der Waals surface area contributed by atoms with E-state index in [-0.39, 0.29) is 23.4 Å². The van der Waals surface area contributed by atoms with Gasteiger partial charge in [-0.15, -0.1) is 0 Å². The second-order valence-electron chi connectivity index (χ2n) is 8.80. The van der Waals surface area contributed by atoms with Crippen LogP contribution in [-0.2, 0) is 6.54 Å². The third-order valence-corrected chi connectivity index (χ3v) is 6.36. The Hall–Kier alpha value is -2.73. The molecule has 0 spiro atoms. The second kappa shape index (κ2) is 10.1. The van der Waals surface area contributed by atoms with Crippen molar-refractivity contribution in [3.8, 4) is 0 Å². The average molecular weight is 442 g/mol. The smallest absolute Gasteiger partial charge is 0.324 e. The zero-order valence-electron chi connectivity index (χ0n) is 18.3. The topological polar surface area (TPSA) is 85.5 Å². The Morgan fingerprint density at radius 3 is 2.35 bits per heavy atom. The van der Waals surface area contributed by atoms with Crippen LogP contribution in [0.4, 0.5) is 10.5 Å². The van der Waals surface area contributed by atoms with E-state index < -0.39 is 0 Å². The molecule has 31 heavy (non-hydrogen) atoms. The number of carbonyl (C=O) groups is 1. The minimum Gasteiger partial charge on any atom is -0.370 e. The number of anilines is 1. The Morgan fingerprint density at radius 2 is 1.77 bits per heavy atom. The fraction of sp³-hybridized carbons (Fsp3) is 0.417. The Labute approximate surface area is 189 Å². The maximum Gasteiger partial charge on any atom is 0.324 e. The van der Waals surface area contributed by atoms with E-state index in [0.29, 0.717) is 18.1 Å². The highest BCUT2D eigenvalue weighted by Crippen LogP contribution is 2.37. The third-order valence-electron chi connectivity index (χ3n) is 6.11. The van der Waals surface area contributed by atoms with Gasteiger partial charge in [0.05, 0.1) is 0 Å². The number of nitrogens with two attached hydrogens (primary N) is 1. The molecule has 2 aromatic carbocycles. The SMILES string of the molecule is CN(C(=O)N(Cc1ccc(Cl)cc1)CC1(C)CCC(NC(=N)N)CC1)c1ccccc1. The molecule has 0 saturated heterocycles.